The van der Waals surface area contributed by atoms with Crippen LogP contribution in [0.4, 0.5) is 0 Å². The standard InChI is InChI=1S/C9H10N4O7/c14-9(7-2-1-3-10-4-7)11-5-8(20-13(17)18)6-19-12(15)16/h1-4,8H,5-6H2,(H,11,14)/t8-/m1/s1. The number of amides is 1. The molecule has 11 nitrogen and oxygen atoms in total. The maximum absolute atomic E-state index is 11.6. The third kappa shape index (κ3) is 5.57. The molecule has 0 saturated carbocycles. The number of rotatable bonds is 8. The number of carbonyl (C=O) groups excluding carboxylic acids is 1. The Morgan fingerprint density at radius 1 is 1.40 bits per heavy atom. The number of pyridine rings is 1. The molecule has 0 radical (unpaired) electrons. The first-order chi connectivity index (χ1) is 9.49. The van der Waals surface area contributed by atoms with E-state index in [2.05, 4.69) is 20.0 Å². The van der Waals surface area contributed by atoms with E-state index in [0.717, 1.165) is 0 Å². The second kappa shape index (κ2) is 7.45. The lowest BCUT2D eigenvalue weighted by atomic mass is 10.2. The zero-order valence-corrected chi connectivity index (χ0v) is 10.0. The highest BCUT2D eigenvalue weighted by Gasteiger charge is 2.17. The summed E-state index contributed by atoms with van der Waals surface area (Å²) in [6.07, 6.45) is 1.48. The van der Waals surface area contributed by atoms with Gasteiger partial charge in [-0.15, -0.1) is 20.2 Å². The van der Waals surface area contributed by atoms with Gasteiger partial charge in [-0.05, 0) is 12.1 Å². The van der Waals surface area contributed by atoms with E-state index < -0.39 is 28.8 Å². The molecule has 1 rings (SSSR count). The SMILES string of the molecule is O=C(NC[C@H](CO[N+](=O)[O-])O[N+](=O)[O-])c1cccnc1. The molecule has 20 heavy (non-hydrogen) atoms. The predicted molar refractivity (Wildman–Crippen MR) is 61.4 cm³/mol. The quantitative estimate of drug-likeness (QED) is 0.501. The van der Waals surface area contributed by atoms with E-state index in [1.54, 1.807) is 0 Å². The van der Waals surface area contributed by atoms with Gasteiger partial charge in [0.1, 0.15) is 12.7 Å². The molecule has 1 atom stereocenters. The van der Waals surface area contributed by atoms with Crippen molar-refractivity contribution >= 4 is 5.91 Å². The molecular weight excluding hydrogens is 276 g/mol. The van der Waals surface area contributed by atoms with Crippen LogP contribution in [0.5, 0.6) is 0 Å². The van der Waals surface area contributed by atoms with Gasteiger partial charge in [0.15, 0.2) is 0 Å². The molecule has 11 heteroatoms. The van der Waals surface area contributed by atoms with Crippen molar-refractivity contribution in [3.05, 3.63) is 50.3 Å². The van der Waals surface area contributed by atoms with Gasteiger partial charge >= 0.3 is 0 Å². The summed E-state index contributed by atoms with van der Waals surface area (Å²) in [5.74, 6) is -0.545. The minimum Gasteiger partial charge on any atom is -0.350 e. The summed E-state index contributed by atoms with van der Waals surface area (Å²) in [4.78, 5) is 43.7. The molecule has 0 aliphatic rings. The van der Waals surface area contributed by atoms with Crippen LogP contribution in [0.1, 0.15) is 10.4 Å². The Kier molecular flexibility index (Phi) is 5.62. The summed E-state index contributed by atoms with van der Waals surface area (Å²) in [6, 6.07) is 3.02. The number of nitrogens with one attached hydrogen (secondary N) is 1. The predicted octanol–water partition coefficient (Wildman–Crippen LogP) is -0.403. The number of hydrogen-bond donors (Lipinski definition) is 1. The van der Waals surface area contributed by atoms with Crippen molar-refractivity contribution in [1.82, 2.24) is 10.3 Å². The number of nitrogens with zero attached hydrogens (tertiary/aromatic N) is 3. The lowest BCUT2D eigenvalue weighted by Gasteiger charge is -2.14. The molecule has 1 aromatic heterocycles. The molecule has 0 saturated heterocycles. The Labute approximate surface area is 111 Å². The van der Waals surface area contributed by atoms with E-state index in [4.69, 9.17) is 0 Å². The second-order valence-electron chi connectivity index (χ2n) is 3.42. The molecule has 0 bridgehead atoms. The van der Waals surface area contributed by atoms with E-state index >= 15 is 0 Å². The smallest absolute Gasteiger partial charge is 0.294 e. The third-order valence-electron chi connectivity index (χ3n) is 2.01. The van der Waals surface area contributed by atoms with Crippen molar-refractivity contribution in [1.29, 1.82) is 0 Å². The average Bonchev–Trinajstić information content (AvgIpc) is 2.42. The van der Waals surface area contributed by atoms with Crippen LogP contribution in [0, 0.1) is 20.2 Å². The second-order valence-corrected chi connectivity index (χ2v) is 3.42. The van der Waals surface area contributed by atoms with Crippen molar-refractivity contribution in [2.24, 2.45) is 0 Å². The summed E-state index contributed by atoms with van der Waals surface area (Å²) in [5.41, 5.74) is 0.238. The molecule has 0 aromatic carbocycles. The van der Waals surface area contributed by atoms with Crippen molar-refractivity contribution in [2.75, 3.05) is 13.2 Å². The summed E-state index contributed by atoms with van der Waals surface area (Å²) in [6.45, 7) is -1.01. The average molecular weight is 286 g/mol. The minimum absolute atomic E-state index is 0.238. The van der Waals surface area contributed by atoms with E-state index in [1.807, 2.05) is 0 Å². The summed E-state index contributed by atoms with van der Waals surface area (Å²) >= 11 is 0. The van der Waals surface area contributed by atoms with Crippen LogP contribution in [-0.2, 0) is 9.68 Å². The molecular formula is C9H10N4O7. The molecule has 0 fully saturated rings. The van der Waals surface area contributed by atoms with Crippen LogP contribution in [0.2, 0.25) is 0 Å². The van der Waals surface area contributed by atoms with Crippen molar-refractivity contribution in [2.45, 2.75) is 6.10 Å². The zero-order chi connectivity index (χ0) is 15.0. The third-order valence-corrected chi connectivity index (χ3v) is 2.01. The normalized spacial score (nSPS) is 11.2. The summed E-state index contributed by atoms with van der Waals surface area (Å²) < 4.78 is 0. The van der Waals surface area contributed by atoms with Crippen LogP contribution >= 0.6 is 0 Å². The summed E-state index contributed by atoms with van der Waals surface area (Å²) in [5, 5.41) is 20.3. The highest BCUT2D eigenvalue weighted by molar-refractivity contribution is 5.93. The first kappa shape index (κ1) is 15.1. The van der Waals surface area contributed by atoms with E-state index in [9.17, 15) is 25.0 Å². The Morgan fingerprint density at radius 3 is 2.70 bits per heavy atom. The Balaban J connectivity index is 2.50. The highest BCUT2D eigenvalue weighted by atomic mass is 17.0. The molecule has 1 N–H and O–H groups in total. The van der Waals surface area contributed by atoms with Gasteiger partial charge in [0.05, 0.1) is 5.56 Å². The molecule has 0 aliphatic heterocycles. The van der Waals surface area contributed by atoms with Gasteiger partial charge in [0.25, 0.3) is 16.1 Å². The maximum Gasteiger partial charge on any atom is 0.294 e. The fourth-order valence-electron chi connectivity index (χ4n) is 1.20. The topological polar surface area (TPSA) is 147 Å². The van der Waals surface area contributed by atoms with E-state index in [-0.39, 0.29) is 12.1 Å². The number of carbonyl (C=O) groups is 1. The first-order valence-corrected chi connectivity index (χ1v) is 5.25. The minimum atomic E-state index is -1.30. The summed E-state index contributed by atoms with van der Waals surface area (Å²) in [7, 11) is 0. The highest BCUT2D eigenvalue weighted by Crippen LogP contribution is 1.97. The molecule has 1 aromatic rings. The number of hydrogen-bond acceptors (Lipinski definition) is 8. The van der Waals surface area contributed by atoms with Crippen molar-refractivity contribution < 1.29 is 24.6 Å². The van der Waals surface area contributed by atoms with E-state index in [0.29, 0.717) is 0 Å². The van der Waals surface area contributed by atoms with Gasteiger partial charge < -0.3 is 15.0 Å². The molecule has 0 spiro atoms. The van der Waals surface area contributed by atoms with Gasteiger partial charge in [-0.25, -0.2) is 0 Å². The monoisotopic (exact) mass is 286 g/mol. The van der Waals surface area contributed by atoms with Gasteiger partial charge in [-0.2, -0.15) is 0 Å². The van der Waals surface area contributed by atoms with Gasteiger partial charge in [-0.1, -0.05) is 0 Å². The molecule has 1 amide bonds. The Morgan fingerprint density at radius 2 is 2.15 bits per heavy atom. The van der Waals surface area contributed by atoms with Crippen molar-refractivity contribution in [3.63, 3.8) is 0 Å². The van der Waals surface area contributed by atoms with Crippen LogP contribution < -0.4 is 5.32 Å². The fourth-order valence-corrected chi connectivity index (χ4v) is 1.20. The largest absolute Gasteiger partial charge is 0.350 e. The zero-order valence-electron chi connectivity index (χ0n) is 10.0. The molecule has 1 heterocycles. The van der Waals surface area contributed by atoms with Crippen molar-refractivity contribution in [3.8, 4) is 0 Å². The van der Waals surface area contributed by atoms with Crippen LogP contribution in [0.15, 0.2) is 24.5 Å². The molecule has 0 unspecified atom stereocenters. The van der Waals surface area contributed by atoms with Crippen LogP contribution in [-0.4, -0.2) is 40.3 Å². The first-order valence-electron chi connectivity index (χ1n) is 5.25. The fraction of sp³-hybridized carbons (Fsp3) is 0.333. The van der Waals surface area contributed by atoms with Crippen LogP contribution in [0.3, 0.4) is 0 Å². The van der Waals surface area contributed by atoms with Crippen LogP contribution in [0.25, 0.3) is 0 Å². The van der Waals surface area contributed by atoms with Gasteiger partial charge in [0.2, 0.25) is 0 Å². The molecule has 108 valence electrons. The molecule has 0 aliphatic carbocycles. The number of aromatic nitrogens is 1. The Hall–Kier alpha value is -2.98. The lowest BCUT2D eigenvalue weighted by Crippen LogP contribution is -2.38. The van der Waals surface area contributed by atoms with Gasteiger partial charge in [0, 0.05) is 18.9 Å². The van der Waals surface area contributed by atoms with E-state index in [1.165, 1.54) is 24.5 Å². The maximum atomic E-state index is 11.6. The Bertz CT molecular complexity index is 480. The van der Waals surface area contributed by atoms with Gasteiger partial charge in [-0.3, -0.25) is 9.78 Å². The lowest BCUT2D eigenvalue weighted by molar-refractivity contribution is -0.789.